The number of aromatic nitrogens is 1. The SMILES string of the molecule is C[Si](C)(C)c1cc(I)c(C(F)(F)F)nc1Cl. The first-order chi connectivity index (χ1) is 7.03. The van der Waals surface area contributed by atoms with Crippen LogP contribution in [0, 0.1) is 3.57 Å². The van der Waals surface area contributed by atoms with Crippen molar-refractivity contribution in [2.24, 2.45) is 0 Å². The first-order valence-corrected chi connectivity index (χ1v) is 9.43. The largest absolute Gasteiger partial charge is 0.434 e. The van der Waals surface area contributed by atoms with Crippen molar-refractivity contribution in [3.05, 3.63) is 20.5 Å². The molecule has 1 nitrogen and oxygen atoms in total. The minimum atomic E-state index is -4.45. The molecule has 0 N–H and O–H groups in total. The quantitative estimate of drug-likeness (QED) is 0.410. The summed E-state index contributed by atoms with van der Waals surface area (Å²) in [6.07, 6.45) is -4.45. The van der Waals surface area contributed by atoms with E-state index < -0.39 is 19.9 Å². The highest BCUT2D eigenvalue weighted by Gasteiger charge is 2.36. The molecule has 0 fully saturated rings. The summed E-state index contributed by atoms with van der Waals surface area (Å²) >= 11 is 7.46. The lowest BCUT2D eigenvalue weighted by molar-refractivity contribution is -0.141. The van der Waals surface area contributed by atoms with Gasteiger partial charge in [-0.3, -0.25) is 0 Å². The fraction of sp³-hybridized carbons (Fsp3) is 0.444. The van der Waals surface area contributed by atoms with Crippen LogP contribution in [-0.2, 0) is 6.18 Å². The Kier molecular flexibility index (Phi) is 3.96. The molecule has 7 heteroatoms. The highest BCUT2D eigenvalue weighted by molar-refractivity contribution is 14.1. The Bertz CT molecular complexity index is 375. The molecule has 0 radical (unpaired) electrons. The van der Waals surface area contributed by atoms with E-state index in [1.54, 1.807) is 22.6 Å². The van der Waals surface area contributed by atoms with E-state index in [-0.39, 0.29) is 8.72 Å². The van der Waals surface area contributed by atoms with Crippen LogP contribution >= 0.6 is 34.2 Å². The van der Waals surface area contributed by atoms with E-state index in [1.165, 1.54) is 6.07 Å². The normalized spacial score (nSPS) is 13.0. The second kappa shape index (κ2) is 4.45. The molecule has 0 amide bonds. The van der Waals surface area contributed by atoms with Crippen LogP contribution in [0.2, 0.25) is 24.8 Å². The molecule has 1 heterocycles. The van der Waals surface area contributed by atoms with Gasteiger partial charge in [0.05, 0.1) is 8.07 Å². The highest BCUT2D eigenvalue weighted by Crippen LogP contribution is 2.32. The third kappa shape index (κ3) is 3.10. The molecule has 1 rings (SSSR count). The van der Waals surface area contributed by atoms with Gasteiger partial charge in [-0.15, -0.1) is 0 Å². The molecule has 0 bridgehead atoms. The second-order valence-corrected chi connectivity index (χ2v) is 11.0. The van der Waals surface area contributed by atoms with Crippen molar-refractivity contribution < 1.29 is 13.2 Å². The van der Waals surface area contributed by atoms with Crippen LogP contribution in [0.1, 0.15) is 5.69 Å². The molecule has 0 aliphatic carbocycles. The zero-order valence-electron chi connectivity index (χ0n) is 8.91. The fourth-order valence-electron chi connectivity index (χ4n) is 1.19. The zero-order valence-corrected chi connectivity index (χ0v) is 12.8. The summed E-state index contributed by atoms with van der Waals surface area (Å²) in [5, 5.41) is 0.735. The Morgan fingerprint density at radius 2 is 1.81 bits per heavy atom. The molecular weight excluding hydrogens is 370 g/mol. The van der Waals surface area contributed by atoms with Gasteiger partial charge in [-0.25, -0.2) is 4.98 Å². The maximum atomic E-state index is 12.5. The second-order valence-electron chi connectivity index (χ2n) is 4.40. The Balaban J connectivity index is 3.40. The van der Waals surface area contributed by atoms with Crippen LogP contribution < -0.4 is 5.19 Å². The number of nitrogens with zero attached hydrogens (tertiary/aromatic N) is 1. The first-order valence-electron chi connectivity index (χ1n) is 4.47. The predicted octanol–water partition coefficient (Wildman–Crippen LogP) is 3.90. The van der Waals surface area contributed by atoms with Gasteiger partial charge in [-0.2, -0.15) is 13.2 Å². The lowest BCUT2D eigenvalue weighted by Gasteiger charge is -2.19. The molecule has 0 unspecified atom stereocenters. The van der Waals surface area contributed by atoms with Crippen LogP contribution in [0.4, 0.5) is 13.2 Å². The summed E-state index contributed by atoms with van der Waals surface area (Å²) in [4.78, 5) is 3.48. The summed E-state index contributed by atoms with van der Waals surface area (Å²) in [5.74, 6) is 0. The van der Waals surface area contributed by atoms with E-state index in [2.05, 4.69) is 4.98 Å². The Morgan fingerprint density at radius 3 is 2.19 bits per heavy atom. The maximum absolute atomic E-state index is 12.5. The molecule has 0 aliphatic heterocycles. The predicted molar refractivity (Wildman–Crippen MR) is 69.9 cm³/mol. The van der Waals surface area contributed by atoms with E-state index in [4.69, 9.17) is 11.6 Å². The van der Waals surface area contributed by atoms with Gasteiger partial charge < -0.3 is 0 Å². The molecular formula is C9H10ClF3INSi. The van der Waals surface area contributed by atoms with E-state index in [1.807, 2.05) is 19.6 Å². The van der Waals surface area contributed by atoms with Crippen molar-refractivity contribution in [3.63, 3.8) is 0 Å². The van der Waals surface area contributed by atoms with E-state index >= 15 is 0 Å². The Labute approximate surface area is 112 Å². The summed E-state index contributed by atoms with van der Waals surface area (Å²) in [5.41, 5.74) is -0.903. The maximum Gasteiger partial charge on any atom is 0.434 e. The number of hydrogen-bond acceptors (Lipinski definition) is 1. The van der Waals surface area contributed by atoms with Gasteiger partial charge in [0, 0.05) is 3.57 Å². The number of rotatable bonds is 1. The molecule has 1 aromatic rings. The molecule has 0 atom stereocenters. The zero-order chi connectivity index (χ0) is 12.7. The van der Waals surface area contributed by atoms with Gasteiger partial charge in [0.25, 0.3) is 0 Å². The lowest BCUT2D eigenvalue weighted by Crippen LogP contribution is -2.39. The number of pyridine rings is 1. The standard InChI is InChI=1S/C9H10ClF3INSi/c1-16(2,3)6-4-5(14)7(9(11,12)13)15-8(6)10/h4H,1-3H3. The van der Waals surface area contributed by atoms with Crippen LogP contribution in [0.25, 0.3) is 0 Å². The third-order valence-corrected chi connectivity index (χ3v) is 5.27. The monoisotopic (exact) mass is 379 g/mol. The topological polar surface area (TPSA) is 12.9 Å². The highest BCUT2D eigenvalue weighted by atomic mass is 127. The fourth-order valence-corrected chi connectivity index (χ4v) is 4.46. The van der Waals surface area contributed by atoms with Crippen LogP contribution in [-0.4, -0.2) is 13.1 Å². The molecule has 90 valence electrons. The van der Waals surface area contributed by atoms with Crippen molar-refractivity contribution in [3.8, 4) is 0 Å². The number of alkyl halides is 3. The molecule has 0 aromatic carbocycles. The van der Waals surface area contributed by atoms with Gasteiger partial charge in [-0.1, -0.05) is 31.2 Å². The summed E-state index contributed by atoms with van der Waals surface area (Å²) < 4.78 is 37.7. The van der Waals surface area contributed by atoms with Gasteiger partial charge in [0.2, 0.25) is 0 Å². The van der Waals surface area contributed by atoms with Crippen molar-refractivity contribution in [1.82, 2.24) is 4.98 Å². The summed E-state index contributed by atoms with van der Waals surface area (Å²) in [7, 11) is -1.76. The minimum Gasteiger partial charge on any atom is -0.231 e. The Hall–Kier alpha value is 0.177. The summed E-state index contributed by atoms with van der Waals surface area (Å²) in [6, 6.07) is 1.50. The molecule has 0 saturated carbocycles. The smallest absolute Gasteiger partial charge is 0.231 e. The molecule has 1 aromatic heterocycles. The van der Waals surface area contributed by atoms with Crippen LogP contribution in [0.3, 0.4) is 0 Å². The lowest BCUT2D eigenvalue weighted by atomic mass is 10.3. The van der Waals surface area contributed by atoms with Crippen molar-refractivity contribution >= 4 is 47.5 Å². The number of hydrogen-bond donors (Lipinski definition) is 0. The van der Waals surface area contributed by atoms with Crippen LogP contribution in [0.15, 0.2) is 6.07 Å². The van der Waals surface area contributed by atoms with Gasteiger partial charge >= 0.3 is 6.18 Å². The minimum absolute atomic E-state index is 0.0214. The average molecular weight is 380 g/mol. The number of halogens is 5. The van der Waals surface area contributed by atoms with Crippen molar-refractivity contribution in [1.29, 1.82) is 0 Å². The Morgan fingerprint density at radius 1 is 1.31 bits per heavy atom. The van der Waals surface area contributed by atoms with E-state index in [9.17, 15) is 13.2 Å². The molecule has 0 aliphatic rings. The van der Waals surface area contributed by atoms with Gasteiger partial charge in [0.15, 0.2) is 5.69 Å². The third-order valence-electron chi connectivity index (χ3n) is 2.01. The summed E-state index contributed by atoms with van der Waals surface area (Å²) in [6.45, 7) is 6.04. The van der Waals surface area contributed by atoms with Crippen LogP contribution in [0.5, 0.6) is 0 Å². The molecule has 16 heavy (non-hydrogen) atoms. The van der Waals surface area contributed by atoms with Crippen molar-refractivity contribution in [2.45, 2.75) is 25.8 Å². The van der Waals surface area contributed by atoms with Crippen molar-refractivity contribution in [2.75, 3.05) is 0 Å². The van der Waals surface area contributed by atoms with Gasteiger partial charge in [0.1, 0.15) is 5.15 Å². The van der Waals surface area contributed by atoms with E-state index in [0.29, 0.717) is 0 Å². The first kappa shape index (κ1) is 14.2. The molecule has 0 saturated heterocycles. The van der Waals surface area contributed by atoms with E-state index in [0.717, 1.165) is 5.19 Å². The average Bonchev–Trinajstić information content (AvgIpc) is 2.04. The van der Waals surface area contributed by atoms with Gasteiger partial charge in [-0.05, 0) is 33.8 Å². The molecule has 0 spiro atoms.